The molecule has 2 amide bonds. The third-order valence-corrected chi connectivity index (χ3v) is 4.42. The Balaban J connectivity index is 1.52. The first kappa shape index (κ1) is 18.8. The fourth-order valence-corrected chi connectivity index (χ4v) is 2.82. The van der Waals surface area contributed by atoms with E-state index in [1.54, 1.807) is 22.9 Å². The van der Waals surface area contributed by atoms with E-state index in [1.165, 1.54) is 0 Å². The Labute approximate surface area is 165 Å². The van der Waals surface area contributed by atoms with Gasteiger partial charge in [0.2, 0.25) is 5.91 Å². The molecule has 0 aliphatic rings. The number of halogens is 1. The summed E-state index contributed by atoms with van der Waals surface area (Å²) in [6.45, 7) is 2.13. The van der Waals surface area contributed by atoms with Gasteiger partial charge in [-0.1, -0.05) is 34.1 Å². The fourth-order valence-electron chi connectivity index (χ4n) is 2.55. The molecule has 0 radical (unpaired) electrons. The number of rotatable bonds is 6. The number of hydrogen-bond acceptors (Lipinski definition) is 3. The van der Waals surface area contributed by atoms with Crippen LogP contribution in [0.4, 0.5) is 5.69 Å². The van der Waals surface area contributed by atoms with Crippen LogP contribution in [0.2, 0.25) is 0 Å². The summed E-state index contributed by atoms with van der Waals surface area (Å²) in [6.07, 6.45) is 0.181. The number of aryl methyl sites for hydroxylation is 1. The highest BCUT2D eigenvalue weighted by Crippen LogP contribution is 2.14. The molecule has 0 fully saturated rings. The lowest BCUT2D eigenvalue weighted by Crippen LogP contribution is -2.28. The number of benzene rings is 2. The Morgan fingerprint density at radius 1 is 1.07 bits per heavy atom. The van der Waals surface area contributed by atoms with Crippen LogP contribution in [0.3, 0.4) is 0 Å². The molecule has 1 heterocycles. The first-order valence-corrected chi connectivity index (χ1v) is 9.28. The summed E-state index contributed by atoms with van der Waals surface area (Å²) in [5.74, 6) is -0.465. The van der Waals surface area contributed by atoms with Crippen LogP contribution < -0.4 is 10.6 Å². The minimum atomic E-state index is -0.302. The van der Waals surface area contributed by atoms with E-state index in [0.29, 0.717) is 11.4 Å². The van der Waals surface area contributed by atoms with Crippen molar-refractivity contribution in [3.05, 3.63) is 76.5 Å². The maximum atomic E-state index is 12.3. The molecule has 0 aliphatic heterocycles. The van der Waals surface area contributed by atoms with E-state index in [1.807, 2.05) is 49.4 Å². The quantitative estimate of drug-likeness (QED) is 0.630. The van der Waals surface area contributed by atoms with Crippen molar-refractivity contribution < 1.29 is 9.59 Å². The van der Waals surface area contributed by atoms with Crippen LogP contribution in [0.1, 0.15) is 22.6 Å². The van der Waals surface area contributed by atoms with Gasteiger partial charge in [0, 0.05) is 28.8 Å². The zero-order valence-electron chi connectivity index (χ0n) is 14.8. The van der Waals surface area contributed by atoms with E-state index < -0.39 is 0 Å². The molecule has 2 N–H and O–H groups in total. The number of amides is 2. The van der Waals surface area contributed by atoms with Gasteiger partial charge in [-0.3, -0.25) is 9.59 Å². The molecule has 3 rings (SSSR count). The molecule has 27 heavy (non-hydrogen) atoms. The third-order valence-electron chi connectivity index (χ3n) is 3.89. The van der Waals surface area contributed by atoms with Crippen molar-refractivity contribution in [2.45, 2.75) is 13.3 Å². The molecule has 2 aromatic carbocycles. The first-order valence-electron chi connectivity index (χ1n) is 8.48. The fraction of sp³-hybridized carbons (Fsp3) is 0.150. The number of para-hydroxylation sites is 1. The molecule has 6 nitrogen and oxygen atoms in total. The summed E-state index contributed by atoms with van der Waals surface area (Å²) >= 11 is 3.35. The standard InChI is InChI=1S/C20H19BrN4O2/c1-14-13-18(24-25(14)17-5-3-2-4-6-17)20(27)22-12-11-19(26)23-16-9-7-15(21)8-10-16/h2-10,13H,11-12H2,1H3,(H,22,27)(H,23,26). The summed E-state index contributed by atoms with van der Waals surface area (Å²) < 4.78 is 2.66. The molecule has 3 aromatic rings. The predicted octanol–water partition coefficient (Wildman–Crippen LogP) is 3.70. The molecule has 0 saturated carbocycles. The number of carbonyl (C=O) groups is 2. The second kappa shape index (κ2) is 8.64. The summed E-state index contributed by atoms with van der Waals surface area (Å²) in [5.41, 5.74) is 2.79. The number of nitrogens with one attached hydrogen (secondary N) is 2. The average molecular weight is 427 g/mol. The summed E-state index contributed by atoms with van der Waals surface area (Å²) in [5, 5.41) is 9.87. The molecular formula is C20H19BrN4O2. The molecule has 138 valence electrons. The third kappa shape index (κ3) is 5.04. The van der Waals surface area contributed by atoms with Crippen molar-refractivity contribution in [1.82, 2.24) is 15.1 Å². The summed E-state index contributed by atoms with van der Waals surface area (Å²) in [4.78, 5) is 24.3. The Bertz CT molecular complexity index is 936. The van der Waals surface area contributed by atoms with Crippen LogP contribution >= 0.6 is 15.9 Å². The number of aromatic nitrogens is 2. The molecule has 0 aliphatic carbocycles. The van der Waals surface area contributed by atoms with E-state index in [-0.39, 0.29) is 24.8 Å². The van der Waals surface area contributed by atoms with Crippen LogP contribution in [0.15, 0.2) is 65.1 Å². The number of anilines is 1. The normalized spacial score (nSPS) is 10.4. The SMILES string of the molecule is Cc1cc(C(=O)NCCC(=O)Nc2ccc(Br)cc2)nn1-c1ccccc1. The smallest absolute Gasteiger partial charge is 0.271 e. The van der Waals surface area contributed by atoms with Crippen LogP contribution in [0, 0.1) is 6.92 Å². The Morgan fingerprint density at radius 2 is 1.78 bits per heavy atom. The van der Waals surface area contributed by atoms with Crippen molar-refractivity contribution in [3.63, 3.8) is 0 Å². The summed E-state index contributed by atoms with van der Waals surface area (Å²) in [7, 11) is 0. The highest BCUT2D eigenvalue weighted by atomic mass is 79.9. The maximum absolute atomic E-state index is 12.3. The molecule has 0 unspecified atom stereocenters. The highest BCUT2D eigenvalue weighted by Gasteiger charge is 2.13. The average Bonchev–Trinajstić information content (AvgIpc) is 3.06. The van der Waals surface area contributed by atoms with Gasteiger partial charge < -0.3 is 10.6 Å². The van der Waals surface area contributed by atoms with E-state index >= 15 is 0 Å². The van der Waals surface area contributed by atoms with E-state index in [4.69, 9.17) is 0 Å². The largest absolute Gasteiger partial charge is 0.350 e. The Hall–Kier alpha value is -2.93. The van der Waals surface area contributed by atoms with E-state index in [0.717, 1.165) is 15.9 Å². The maximum Gasteiger partial charge on any atom is 0.271 e. The number of carbonyl (C=O) groups excluding carboxylic acids is 2. The van der Waals surface area contributed by atoms with Crippen LogP contribution in [-0.4, -0.2) is 28.1 Å². The monoisotopic (exact) mass is 426 g/mol. The lowest BCUT2D eigenvalue weighted by molar-refractivity contribution is -0.116. The van der Waals surface area contributed by atoms with Gasteiger partial charge in [0.15, 0.2) is 5.69 Å². The van der Waals surface area contributed by atoms with Crippen molar-refractivity contribution in [2.24, 2.45) is 0 Å². The number of nitrogens with zero attached hydrogens (tertiary/aromatic N) is 2. The Morgan fingerprint density at radius 3 is 2.48 bits per heavy atom. The minimum Gasteiger partial charge on any atom is -0.350 e. The predicted molar refractivity (Wildman–Crippen MR) is 108 cm³/mol. The van der Waals surface area contributed by atoms with E-state index in [2.05, 4.69) is 31.7 Å². The van der Waals surface area contributed by atoms with E-state index in [9.17, 15) is 9.59 Å². The second-order valence-corrected chi connectivity index (χ2v) is 6.89. The van der Waals surface area contributed by atoms with Gasteiger partial charge in [0.1, 0.15) is 0 Å². The second-order valence-electron chi connectivity index (χ2n) is 5.98. The van der Waals surface area contributed by atoms with Crippen molar-refractivity contribution in [2.75, 3.05) is 11.9 Å². The highest BCUT2D eigenvalue weighted by molar-refractivity contribution is 9.10. The van der Waals surface area contributed by atoms with Crippen LogP contribution in [-0.2, 0) is 4.79 Å². The van der Waals surface area contributed by atoms with Gasteiger partial charge in [-0.25, -0.2) is 4.68 Å². The lowest BCUT2D eigenvalue weighted by Gasteiger charge is -2.06. The lowest BCUT2D eigenvalue weighted by atomic mass is 10.3. The molecule has 0 spiro atoms. The van der Waals surface area contributed by atoms with Gasteiger partial charge in [-0.2, -0.15) is 5.10 Å². The Kier molecular flexibility index (Phi) is 6.03. The zero-order valence-corrected chi connectivity index (χ0v) is 16.4. The zero-order chi connectivity index (χ0) is 19.2. The summed E-state index contributed by atoms with van der Waals surface area (Å²) in [6, 6.07) is 18.6. The van der Waals surface area contributed by atoms with Gasteiger partial charge >= 0.3 is 0 Å². The number of hydrogen-bond donors (Lipinski definition) is 2. The molecule has 0 atom stereocenters. The topological polar surface area (TPSA) is 76.0 Å². The van der Waals surface area contributed by atoms with Crippen molar-refractivity contribution >= 4 is 33.4 Å². The van der Waals surface area contributed by atoms with Gasteiger partial charge in [0.05, 0.1) is 5.69 Å². The van der Waals surface area contributed by atoms with Gasteiger partial charge in [-0.15, -0.1) is 0 Å². The van der Waals surface area contributed by atoms with Crippen LogP contribution in [0.5, 0.6) is 0 Å². The molecule has 0 bridgehead atoms. The molecule has 1 aromatic heterocycles. The molecule has 7 heteroatoms. The molecule has 0 saturated heterocycles. The van der Waals surface area contributed by atoms with Crippen molar-refractivity contribution in [1.29, 1.82) is 0 Å². The molecular weight excluding hydrogens is 408 g/mol. The van der Waals surface area contributed by atoms with Gasteiger partial charge in [0.25, 0.3) is 5.91 Å². The van der Waals surface area contributed by atoms with Gasteiger partial charge in [-0.05, 0) is 49.4 Å². The van der Waals surface area contributed by atoms with Crippen LogP contribution in [0.25, 0.3) is 5.69 Å². The minimum absolute atomic E-state index is 0.163. The van der Waals surface area contributed by atoms with Crippen molar-refractivity contribution in [3.8, 4) is 5.69 Å². The first-order chi connectivity index (χ1) is 13.0.